The lowest BCUT2D eigenvalue weighted by molar-refractivity contribution is 0.258. The van der Waals surface area contributed by atoms with Gasteiger partial charge in [0.25, 0.3) is 0 Å². The molecule has 1 aromatic heterocycles. The van der Waals surface area contributed by atoms with Crippen molar-refractivity contribution >= 4 is 0 Å². The van der Waals surface area contributed by atoms with Crippen molar-refractivity contribution in [1.82, 2.24) is 9.97 Å². The monoisotopic (exact) mass is 248 g/mol. The van der Waals surface area contributed by atoms with Crippen LogP contribution in [0, 0.1) is 12.7 Å². The second kappa shape index (κ2) is 5.31. The van der Waals surface area contributed by atoms with Gasteiger partial charge >= 0.3 is 0 Å². The number of hydrogen-bond donors (Lipinski definition) is 2. The van der Waals surface area contributed by atoms with Crippen LogP contribution >= 0.6 is 0 Å². The van der Waals surface area contributed by atoms with Gasteiger partial charge in [0.1, 0.15) is 11.6 Å². The molecule has 0 bridgehead atoms. The van der Waals surface area contributed by atoms with Crippen LogP contribution in [0.3, 0.4) is 0 Å². The molecule has 0 saturated heterocycles. The van der Waals surface area contributed by atoms with Gasteiger partial charge in [0, 0.05) is 11.5 Å². The van der Waals surface area contributed by atoms with Crippen molar-refractivity contribution in [3.05, 3.63) is 41.6 Å². The number of benzene rings is 1. The van der Waals surface area contributed by atoms with Gasteiger partial charge in [-0.05, 0) is 37.1 Å². The number of aliphatic hydroxyl groups excluding tert-OH is 1. The highest BCUT2D eigenvalue weighted by molar-refractivity contribution is 5.59. The number of rotatable bonds is 4. The van der Waals surface area contributed by atoms with Crippen molar-refractivity contribution in [2.24, 2.45) is 0 Å². The highest BCUT2D eigenvalue weighted by Gasteiger charge is 2.12. The first-order valence-corrected chi connectivity index (χ1v) is 6.08. The van der Waals surface area contributed by atoms with E-state index < -0.39 is 0 Å². The molecule has 0 amide bonds. The minimum Gasteiger partial charge on any atom is -0.396 e. The lowest BCUT2D eigenvalue weighted by Crippen LogP contribution is -2.04. The minimum absolute atomic E-state index is 0.0281. The highest BCUT2D eigenvalue weighted by Crippen LogP contribution is 2.23. The SMILES string of the molecule is CCC(CO)c1ncc(-c2ccc(F)c(C)c2)[nH]1. The van der Waals surface area contributed by atoms with Gasteiger partial charge in [-0.25, -0.2) is 9.37 Å². The van der Waals surface area contributed by atoms with Gasteiger partial charge in [-0.2, -0.15) is 0 Å². The van der Waals surface area contributed by atoms with E-state index in [0.717, 1.165) is 23.5 Å². The number of aromatic amines is 1. The Bertz CT molecular complexity index is 532. The van der Waals surface area contributed by atoms with Crippen molar-refractivity contribution in [3.8, 4) is 11.3 Å². The molecule has 2 rings (SSSR count). The van der Waals surface area contributed by atoms with Crippen molar-refractivity contribution in [1.29, 1.82) is 0 Å². The standard InChI is InChI=1S/C14H17FN2O/c1-3-10(8-18)14-16-7-13(17-14)11-4-5-12(15)9(2)6-11/h4-7,10,18H,3,8H2,1-2H3,(H,16,17). The summed E-state index contributed by atoms with van der Waals surface area (Å²) in [6.45, 7) is 3.82. The van der Waals surface area contributed by atoms with E-state index in [1.54, 1.807) is 25.3 Å². The molecular formula is C14H17FN2O. The Kier molecular flexibility index (Phi) is 3.77. The summed E-state index contributed by atoms with van der Waals surface area (Å²) in [6, 6.07) is 4.96. The highest BCUT2D eigenvalue weighted by atomic mass is 19.1. The molecule has 4 heteroatoms. The summed E-state index contributed by atoms with van der Waals surface area (Å²) in [6.07, 6.45) is 2.55. The van der Waals surface area contributed by atoms with Crippen molar-refractivity contribution in [2.75, 3.05) is 6.61 Å². The Hall–Kier alpha value is -1.68. The predicted molar refractivity (Wildman–Crippen MR) is 68.8 cm³/mol. The summed E-state index contributed by atoms with van der Waals surface area (Å²) in [5.41, 5.74) is 2.36. The number of hydrogen-bond acceptors (Lipinski definition) is 2. The maximum Gasteiger partial charge on any atom is 0.126 e. The zero-order chi connectivity index (χ0) is 13.1. The van der Waals surface area contributed by atoms with Crippen LogP contribution < -0.4 is 0 Å². The zero-order valence-electron chi connectivity index (χ0n) is 10.6. The van der Waals surface area contributed by atoms with Gasteiger partial charge in [-0.1, -0.05) is 6.92 Å². The van der Waals surface area contributed by atoms with Crippen LogP contribution in [0.15, 0.2) is 24.4 Å². The van der Waals surface area contributed by atoms with E-state index in [1.807, 2.05) is 6.92 Å². The average Bonchev–Trinajstić information content (AvgIpc) is 2.84. The van der Waals surface area contributed by atoms with Crippen molar-refractivity contribution < 1.29 is 9.50 Å². The number of H-pyrrole nitrogens is 1. The van der Waals surface area contributed by atoms with Gasteiger partial charge in [0.15, 0.2) is 0 Å². The third-order valence-electron chi connectivity index (χ3n) is 3.16. The zero-order valence-corrected chi connectivity index (χ0v) is 10.6. The Morgan fingerprint density at radius 1 is 1.44 bits per heavy atom. The lowest BCUT2D eigenvalue weighted by atomic mass is 10.1. The number of aryl methyl sites for hydroxylation is 1. The third-order valence-corrected chi connectivity index (χ3v) is 3.16. The maximum absolute atomic E-state index is 13.2. The largest absolute Gasteiger partial charge is 0.396 e. The summed E-state index contributed by atoms with van der Waals surface area (Å²) in [5.74, 6) is 0.595. The Morgan fingerprint density at radius 2 is 2.22 bits per heavy atom. The number of nitrogens with one attached hydrogen (secondary N) is 1. The van der Waals surface area contributed by atoms with Crippen molar-refractivity contribution in [2.45, 2.75) is 26.2 Å². The number of aliphatic hydroxyl groups is 1. The van der Waals surface area contributed by atoms with E-state index in [-0.39, 0.29) is 18.3 Å². The van der Waals surface area contributed by atoms with Crippen LogP contribution in [0.2, 0.25) is 0 Å². The van der Waals surface area contributed by atoms with Crippen LogP contribution in [-0.4, -0.2) is 21.7 Å². The van der Waals surface area contributed by atoms with Crippen LogP contribution in [0.1, 0.15) is 30.7 Å². The summed E-state index contributed by atoms with van der Waals surface area (Å²) < 4.78 is 13.2. The molecule has 1 unspecified atom stereocenters. The number of halogens is 1. The summed E-state index contributed by atoms with van der Waals surface area (Å²) in [4.78, 5) is 7.46. The Morgan fingerprint density at radius 3 is 2.83 bits per heavy atom. The third kappa shape index (κ3) is 2.43. The smallest absolute Gasteiger partial charge is 0.126 e. The summed E-state index contributed by atoms with van der Waals surface area (Å²) in [5, 5.41) is 9.23. The van der Waals surface area contributed by atoms with E-state index in [9.17, 15) is 9.50 Å². The number of nitrogens with zero attached hydrogens (tertiary/aromatic N) is 1. The first-order valence-electron chi connectivity index (χ1n) is 6.08. The van der Waals surface area contributed by atoms with Gasteiger partial charge < -0.3 is 10.1 Å². The Balaban J connectivity index is 2.31. The van der Waals surface area contributed by atoms with Gasteiger partial charge in [0.2, 0.25) is 0 Å². The fourth-order valence-corrected chi connectivity index (χ4v) is 1.91. The van der Waals surface area contributed by atoms with E-state index in [4.69, 9.17) is 0 Å². The molecule has 1 atom stereocenters. The predicted octanol–water partition coefficient (Wildman–Crippen LogP) is 3.01. The number of imidazole rings is 1. The molecule has 2 N–H and O–H groups in total. The van der Waals surface area contributed by atoms with Crippen LogP contribution in [0.25, 0.3) is 11.3 Å². The van der Waals surface area contributed by atoms with E-state index in [0.29, 0.717) is 5.56 Å². The molecular weight excluding hydrogens is 231 g/mol. The summed E-state index contributed by atoms with van der Waals surface area (Å²) in [7, 11) is 0. The molecule has 0 spiro atoms. The molecule has 0 aliphatic heterocycles. The molecule has 0 fully saturated rings. The lowest BCUT2D eigenvalue weighted by Gasteiger charge is -2.07. The molecule has 96 valence electrons. The molecule has 1 heterocycles. The first kappa shape index (κ1) is 12.8. The fraction of sp³-hybridized carbons (Fsp3) is 0.357. The molecule has 2 aromatic rings. The van der Waals surface area contributed by atoms with Crippen LogP contribution in [0.4, 0.5) is 4.39 Å². The quantitative estimate of drug-likeness (QED) is 0.873. The number of aromatic nitrogens is 2. The Labute approximate surface area is 106 Å². The summed E-state index contributed by atoms with van der Waals surface area (Å²) >= 11 is 0. The van der Waals surface area contributed by atoms with Gasteiger partial charge in [-0.3, -0.25) is 0 Å². The molecule has 18 heavy (non-hydrogen) atoms. The molecule has 3 nitrogen and oxygen atoms in total. The van der Waals surface area contributed by atoms with E-state index in [2.05, 4.69) is 9.97 Å². The second-order valence-corrected chi connectivity index (χ2v) is 4.43. The van der Waals surface area contributed by atoms with Crippen LogP contribution in [0.5, 0.6) is 0 Å². The van der Waals surface area contributed by atoms with Gasteiger partial charge in [0.05, 0.1) is 18.5 Å². The average molecular weight is 248 g/mol. The fourth-order valence-electron chi connectivity index (χ4n) is 1.91. The molecule has 0 aliphatic carbocycles. The maximum atomic E-state index is 13.2. The normalized spacial score (nSPS) is 12.7. The molecule has 0 radical (unpaired) electrons. The van der Waals surface area contributed by atoms with E-state index >= 15 is 0 Å². The first-order chi connectivity index (χ1) is 8.65. The van der Waals surface area contributed by atoms with Gasteiger partial charge in [-0.15, -0.1) is 0 Å². The second-order valence-electron chi connectivity index (χ2n) is 4.43. The molecule has 1 aromatic carbocycles. The van der Waals surface area contributed by atoms with Crippen LogP contribution in [-0.2, 0) is 0 Å². The van der Waals surface area contributed by atoms with Crippen molar-refractivity contribution in [3.63, 3.8) is 0 Å². The molecule has 0 aliphatic rings. The minimum atomic E-state index is -0.208. The topological polar surface area (TPSA) is 48.9 Å². The van der Waals surface area contributed by atoms with E-state index in [1.165, 1.54) is 6.07 Å². The molecule has 0 saturated carbocycles.